The van der Waals surface area contributed by atoms with Crippen LogP contribution in [0, 0.1) is 5.92 Å². The van der Waals surface area contributed by atoms with E-state index in [4.69, 9.17) is 11.6 Å². The van der Waals surface area contributed by atoms with E-state index in [1.807, 2.05) is 24.3 Å². The summed E-state index contributed by atoms with van der Waals surface area (Å²) in [7, 11) is 0. The smallest absolute Gasteiger partial charge is 0.105 e. The van der Waals surface area contributed by atoms with Crippen LogP contribution in [0.2, 0.25) is 5.02 Å². The van der Waals surface area contributed by atoms with Gasteiger partial charge >= 0.3 is 0 Å². The number of benzene rings is 1. The molecule has 2 N–H and O–H groups in total. The third-order valence-corrected chi connectivity index (χ3v) is 3.49. The van der Waals surface area contributed by atoms with Crippen molar-refractivity contribution >= 4 is 11.6 Å². The van der Waals surface area contributed by atoms with Gasteiger partial charge < -0.3 is 10.4 Å². The highest BCUT2D eigenvalue weighted by atomic mass is 35.5. The van der Waals surface area contributed by atoms with Gasteiger partial charge in [-0.15, -0.1) is 0 Å². The minimum absolute atomic E-state index is 0.396. The van der Waals surface area contributed by atoms with E-state index in [-0.39, 0.29) is 0 Å². The Kier molecular flexibility index (Phi) is 3.53. The van der Waals surface area contributed by atoms with Crippen molar-refractivity contribution in [3.63, 3.8) is 0 Å². The number of hydrogen-bond acceptors (Lipinski definition) is 2. The Labute approximate surface area is 102 Å². The van der Waals surface area contributed by atoms with Gasteiger partial charge in [0.25, 0.3) is 0 Å². The maximum Gasteiger partial charge on any atom is 0.105 e. The van der Waals surface area contributed by atoms with E-state index in [0.717, 1.165) is 24.9 Å². The van der Waals surface area contributed by atoms with Gasteiger partial charge in [0.1, 0.15) is 5.60 Å². The van der Waals surface area contributed by atoms with Crippen molar-refractivity contribution in [2.75, 3.05) is 13.1 Å². The normalized spacial score (nSPS) is 19.4. The first kappa shape index (κ1) is 11.9. The predicted octanol–water partition coefficient (Wildman–Crippen LogP) is 2.55. The van der Waals surface area contributed by atoms with Crippen LogP contribution in [0.15, 0.2) is 24.3 Å². The summed E-state index contributed by atoms with van der Waals surface area (Å²) in [6.45, 7) is 3.55. The second-order valence-corrected chi connectivity index (χ2v) is 4.92. The molecule has 1 aliphatic carbocycles. The van der Waals surface area contributed by atoms with E-state index < -0.39 is 5.60 Å². The van der Waals surface area contributed by atoms with Gasteiger partial charge in [-0.05, 0) is 43.0 Å². The van der Waals surface area contributed by atoms with Gasteiger partial charge in [-0.2, -0.15) is 0 Å². The molecule has 1 aromatic carbocycles. The molecule has 0 bridgehead atoms. The van der Waals surface area contributed by atoms with Gasteiger partial charge in [-0.1, -0.05) is 30.7 Å². The quantitative estimate of drug-likeness (QED) is 0.828. The minimum atomic E-state index is -0.722. The summed E-state index contributed by atoms with van der Waals surface area (Å²) in [5, 5.41) is 14.7. The number of aliphatic hydroxyl groups is 1. The summed E-state index contributed by atoms with van der Waals surface area (Å²) in [5.41, 5.74) is 0.251. The van der Waals surface area contributed by atoms with E-state index >= 15 is 0 Å². The number of rotatable bonds is 5. The van der Waals surface area contributed by atoms with Crippen molar-refractivity contribution in [1.82, 2.24) is 5.32 Å². The molecule has 0 heterocycles. The molecule has 0 amide bonds. The molecule has 88 valence electrons. The van der Waals surface area contributed by atoms with E-state index in [9.17, 15) is 5.11 Å². The third-order valence-electron chi connectivity index (χ3n) is 3.24. The second kappa shape index (κ2) is 4.74. The molecule has 2 rings (SSSR count). The summed E-state index contributed by atoms with van der Waals surface area (Å²) in [6.07, 6.45) is 2.23. The Bertz CT molecular complexity index is 347. The molecular weight excluding hydrogens is 222 g/mol. The van der Waals surface area contributed by atoms with Crippen molar-refractivity contribution in [1.29, 1.82) is 0 Å². The van der Waals surface area contributed by atoms with Crippen LogP contribution in [0.4, 0.5) is 0 Å². The zero-order valence-electron chi connectivity index (χ0n) is 9.54. The molecule has 0 saturated heterocycles. The molecule has 1 atom stereocenters. The van der Waals surface area contributed by atoms with Crippen LogP contribution in [0.25, 0.3) is 0 Å². The second-order valence-electron chi connectivity index (χ2n) is 4.49. The highest BCUT2D eigenvalue weighted by Gasteiger charge is 2.44. The van der Waals surface area contributed by atoms with Crippen LogP contribution < -0.4 is 5.32 Å². The fourth-order valence-electron chi connectivity index (χ4n) is 2.10. The Morgan fingerprint density at radius 2 is 2.00 bits per heavy atom. The molecule has 3 heteroatoms. The summed E-state index contributed by atoms with van der Waals surface area (Å²) >= 11 is 5.86. The molecule has 2 nitrogen and oxygen atoms in total. The van der Waals surface area contributed by atoms with Crippen molar-refractivity contribution < 1.29 is 5.11 Å². The van der Waals surface area contributed by atoms with Crippen LogP contribution in [0.5, 0.6) is 0 Å². The van der Waals surface area contributed by atoms with Gasteiger partial charge in [-0.25, -0.2) is 0 Å². The fourth-order valence-corrected chi connectivity index (χ4v) is 2.22. The lowest BCUT2D eigenvalue weighted by Crippen LogP contribution is -2.40. The van der Waals surface area contributed by atoms with Crippen LogP contribution >= 0.6 is 11.6 Å². The predicted molar refractivity (Wildman–Crippen MR) is 66.6 cm³/mol. The monoisotopic (exact) mass is 239 g/mol. The van der Waals surface area contributed by atoms with Gasteiger partial charge in [0.15, 0.2) is 0 Å². The zero-order chi connectivity index (χ0) is 11.6. The molecule has 1 saturated carbocycles. The Morgan fingerprint density at radius 1 is 1.38 bits per heavy atom. The lowest BCUT2D eigenvalue weighted by Gasteiger charge is -2.29. The number of nitrogens with one attached hydrogen (secondary N) is 1. The van der Waals surface area contributed by atoms with E-state index in [1.165, 1.54) is 0 Å². The molecule has 0 radical (unpaired) electrons. The number of halogens is 1. The molecule has 16 heavy (non-hydrogen) atoms. The average molecular weight is 240 g/mol. The maximum atomic E-state index is 10.7. The van der Waals surface area contributed by atoms with Crippen molar-refractivity contribution in [3.8, 4) is 0 Å². The highest BCUT2D eigenvalue weighted by molar-refractivity contribution is 6.30. The molecule has 0 aliphatic heterocycles. The van der Waals surface area contributed by atoms with Gasteiger partial charge in [0, 0.05) is 11.6 Å². The fraction of sp³-hybridized carbons (Fsp3) is 0.538. The van der Waals surface area contributed by atoms with E-state index in [1.54, 1.807) is 0 Å². The Balaban J connectivity index is 2.20. The largest absolute Gasteiger partial charge is 0.384 e. The standard InChI is InChI=1S/C13H18ClNO/c1-2-15-9-13(16,10-3-4-10)11-5-7-12(14)8-6-11/h5-8,10,15-16H,2-4,9H2,1H3. The van der Waals surface area contributed by atoms with E-state index in [0.29, 0.717) is 17.5 Å². The summed E-state index contributed by atoms with van der Waals surface area (Å²) in [6, 6.07) is 7.54. The van der Waals surface area contributed by atoms with Crippen LogP contribution in [0.3, 0.4) is 0 Å². The molecule has 0 aromatic heterocycles. The first-order chi connectivity index (χ1) is 7.66. The number of likely N-dealkylation sites (N-methyl/N-ethyl adjacent to an activating group) is 1. The van der Waals surface area contributed by atoms with Crippen molar-refractivity contribution in [2.24, 2.45) is 5.92 Å². The van der Waals surface area contributed by atoms with E-state index in [2.05, 4.69) is 12.2 Å². The molecule has 1 aromatic rings. The topological polar surface area (TPSA) is 32.3 Å². The van der Waals surface area contributed by atoms with Gasteiger partial charge in [0.2, 0.25) is 0 Å². The van der Waals surface area contributed by atoms with Crippen molar-refractivity contribution in [2.45, 2.75) is 25.4 Å². The third kappa shape index (κ3) is 2.40. The van der Waals surface area contributed by atoms with Crippen LogP contribution in [-0.4, -0.2) is 18.2 Å². The first-order valence-corrected chi connectivity index (χ1v) is 6.23. The number of hydrogen-bond donors (Lipinski definition) is 2. The van der Waals surface area contributed by atoms with Gasteiger partial charge in [0.05, 0.1) is 0 Å². The highest BCUT2D eigenvalue weighted by Crippen LogP contribution is 2.45. The lowest BCUT2D eigenvalue weighted by atomic mass is 9.88. The molecule has 1 unspecified atom stereocenters. The average Bonchev–Trinajstić information content (AvgIpc) is 3.11. The minimum Gasteiger partial charge on any atom is -0.384 e. The molecule has 0 spiro atoms. The molecule has 1 aliphatic rings. The lowest BCUT2D eigenvalue weighted by molar-refractivity contribution is 0.0140. The van der Waals surface area contributed by atoms with Crippen LogP contribution in [-0.2, 0) is 5.60 Å². The van der Waals surface area contributed by atoms with Crippen LogP contribution in [0.1, 0.15) is 25.3 Å². The Hall–Kier alpha value is -0.570. The van der Waals surface area contributed by atoms with Crippen molar-refractivity contribution in [3.05, 3.63) is 34.9 Å². The molecular formula is C13H18ClNO. The molecule has 1 fully saturated rings. The zero-order valence-corrected chi connectivity index (χ0v) is 10.3. The first-order valence-electron chi connectivity index (χ1n) is 5.86. The summed E-state index contributed by atoms with van der Waals surface area (Å²) in [5.74, 6) is 0.396. The summed E-state index contributed by atoms with van der Waals surface area (Å²) in [4.78, 5) is 0. The maximum absolute atomic E-state index is 10.7. The summed E-state index contributed by atoms with van der Waals surface area (Å²) < 4.78 is 0. The van der Waals surface area contributed by atoms with Gasteiger partial charge in [-0.3, -0.25) is 0 Å². The SMILES string of the molecule is CCNCC(O)(c1ccc(Cl)cc1)C1CC1. The Morgan fingerprint density at radius 3 is 2.50 bits per heavy atom.